The third-order valence-corrected chi connectivity index (χ3v) is 8.20. The summed E-state index contributed by atoms with van der Waals surface area (Å²) in [6.45, 7) is 21.3. The summed E-state index contributed by atoms with van der Waals surface area (Å²) >= 11 is 0. The lowest BCUT2D eigenvalue weighted by Crippen LogP contribution is -2.55. The molecule has 3 atom stereocenters. The second kappa shape index (κ2) is 11.9. The number of fused-ring (bicyclic) bond motifs is 1. The summed E-state index contributed by atoms with van der Waals surface area (Å²) < 4.78 is 6.16. The lowest BCUT2D eigenvalue weighted by molar-refractivity contribution is -0.0666. The molecule has 1 saturated carbocycles. The molecule has 2 aliphatic rings. The average molecular weight is 436 g/mol. The Morgan fingerprint density at radius 3 is 1.68 bits per heavy atom. The van der Waals surface area contributed by atoms with Gasteiger partial charge >= 0.3 is 0 Å². The molecular formula is C29H57NO. The molecule has 0 spiro atoms. The van der Waals surface area contributed by atoms with Gasteiger partial charge in [-0.1, -0.05) is 85.0 Å². The smallest absolute Gasteiger partial charge is 0.0643 e. The van der Waals surface area contributed by atoms with Crippen molar-refractivity contribution in [1.82, 2.24) is 4.90 Å². The molecule has 2 heteroatoms. The summed E-state index contributed by atoms with van der Waals surface area (Å²) in [6.07, 6.45) is 18.5. The molecule has 1 saturated heterocycles. The van der Waals surface area contributed by atoms with Gasteiger partial charge in [0.1, 0.15) is 0 Å². The van der Waals surface area contributed by atoms with Crippen LogP contribution in [0, 0.1) is 17.3 Å². The maximum absolute atomic E-state index is 6.16. The third kappa shape index (κ3) is 8.33. The van der Waals surface area contributed by atoms with Crippen LogP contribution in [0.5, 0.6) is 0 Å². The molecule has 3 unspecified atom stereocenters. The standard InChI is InChI=1S/C29H57NO/c1-9-31-29(7,8)23-28(5,6)30-22-24-20-18-16-14-12-10-11-13-15-17-19-21-25(24)26(30)27(2,3)4/h24-26H,9-23H2,1-8H3. The van der Waals surface area contributed by atoms with Crippen molar-refractivity contribution < 1.29 is 4.74 Å². The highest BCUT2D eigenvalue weighted by molar-refractivity contribution is 5.04. The van der Waals surface area contributed by atoms with Crippen LogP contribution in [0.4, 0.5) is 0 Å². The summed E-state index contributed by atoms with van der Waals surface area (Å²) in [6, 6.07) is 0.679. The van der Waals surface area contributed by atoms with E-state index in [4.69, 9.17) is 4.74 Å². The van der Waals surface area contributed by atoms with Gasteiger partial charge < -0.3 is 4.74 Å². The molecular weight excluding hydrogens is 378 g/mol. The number of likely N-dealkylation sites (tertiary alicyclic amines) is 1. The van der Waals surface area contributed by atoms with E-state index in [1.807, 2.05) is 0 Å². The molecule has 1 aliphatic carbocycles. The molecule has 0 amide bonds. The van der Waals surface area contributed by atoms with E-state index < -0.39 is 0 Å². The third-order valence-electron chi connectivity index (χ3n) is 8.20. The van der Waals surface area contributed by atoms with Crippen molar-refractivity contribution in [3.05, 3.63) is 0 Å². The van der Waals surface area contributed by atoms with Crippen LogP contribution in [-0.2, 0) is 4.74 Å². The van der Waals surface area contributed by atoms with Gasteiger partial charge in [0.05, 0.1) is 5.60 Å². The van der Waals surface area contributed by atoms with Gasteiger partial charge in [-0.3, -0.25) is 4.90 Å². The SMILES string of the molecule is CCOC(C)(C)CC(C)(C)N1CC2CCCCCCCCCCCCC2C1C(C)(C)C. The van der Waals surface area contributed by atoms with E-state index in [1.54, 1.807) is 0 Å². The van der Waals surface area contributed by atoms with Crippen LogP contribution in [0.25, 0.3) is 0 Å². The van der Waals surface area contributed by atoms with E-state index in [2.05, 4.69) is 60.3 Å². The largest absolute Gasteiger partial charge is 0.376 e. The Kier molecular flexibility index (Phi) is 10.4. The molecule has 1 aliphatic heterocycles. The Morgan fingerprint density at radius 1 is 0.710 bits per heavy atom. The molecule has 1 heterocycles. The van der Waals surface area contributed by atoms with Crippen LogP contribution in [0.3, 0.4) is 0 Å². The lowest BCUT2D eigenvalue weighted by atomic mass is 9.72. The van der Waals surface area contributed by atoms with E-state index in [9.17, 15) is 0 Å². The minimum absolute atomic E-state index is 0.0660. The first-order chi connectivity index (χ1) is 14.5. The molecule has 2 fully saturated rings. The van der Waals surface area contributed by atoms with Crippen molar-refractivity contribution in [3.8, 4) is 0 Å². The molecule has 0 N–H and O–H groups in total. The minimum Gasteiger partial charge on any atom is -0.376 e. The topological polar surface area (TPSA) is 12.5 Å². The first-order valence-electron chi connectivity index (χ1n) is 13.9. The molecule has 31 heavy (non-hydrogen) atoms. The number of nitrogens with zero attached hydrogens (tertiary/aromatic N) is 1. The highest BCUT2D eigenvalue weighted by atomic mass is 16.5. The number of hydrogen-bond donors (Lipinski definition) is 0. The summed E-state index contributed by atoms with van der Waals surface area (Å²) in [5, 5.41) is 0. The highest BCUT2D eigenvalue weighted by Gasteiger charge is 2.51. The minimum atomic E-state index is -0.0660. The summed E-state index contributed by atoms with van der Waals surface area (Å²) in [4.78, 5) is 2.95. The van der Waals surface area contributed by atoms with Gasteiger partial charge in [0.2, 0.25) is 0 Å². The Hall–Kier alpha value is -0.0800. The maximum Gasteiger partial charge on any atom is 0.0643 e. The van der Waals surface area contributed by atoms with Gasteiger partial charge in [-0.2, -0.15) is 0 Å². The van der Waals surface area contributed by atoms with Crippen molar-refractivity contribution in [3.63, 3.8) is 0 Å². The van der Waals surface area contributed by atoms with Gasteiger partial charge in [0, 0.05) is 24.7 Å². The number of hydrogen-bond acceptors (Lipinski definition) is 2. The Labute approximate surface area is 196 Å². The van der Waals surface area contributed by atoms with Crippen molar-refractivity contribution in [1.29, 1.82) is 0 Å². The van der Waals surface area contributed by atoms with E-state index in [-0.39, 0.29) is 11.1 Å². The highest BCUT2D eigenvalue weighted by Crippen LogP contribution is 2.48. The van der Waals surface area contributed by atoms with Crippen LogP contribution < -0.4 is 0 Å². The van der Waals surface area contributed by atoms with Crippen LogP contribution in [0.1, 0.15) is 139 Å². The quantitative estimate of drug-likeness (QED) is 0.428. The Balaban J connectivity index is 2.23. The second-order valence-corrected chi connectivity index (χ2v) is 13.2. The summed E-state index contributed by atoms with van der Waals surface area (Å²) in [5.74, 6) is 1.74. The van der Waals surface area contributed by atoms with Gasteiger partial charge in [-0.25, -0.2) is 0 Å². The number of rotatable bonds is 5. The fourth-order valence-corrected chi connectivity index (χ4v) is 7.21. The molecule has 0 radical (unpaired) electrons. The first kappa shape index (κ1) is 27.2. The lowest BCUT2D eigenvalue weighted by Gasteiger charge is -2.49. The zero-order valence-corrected chi connectivity index (χ0v) is 22.7. The number of ether oxygens (including phenoxy) is 1. The van der Waals surface area contributed by atoms with E-state index in [0.29, 0.717) is 11.5 Å². The summed E-state index contributed by atoms with van der Waals surface area (Å²) in [5.41, 5.74) is 0.411. The van der Waals surface area contributed by atoms with E-state index in [1.165, 1.54) is 83.6 Å². The van der Waals surface area contributed by atoms with Gasteiger partial charge in [0.15, 0.2) is 0 Å². The molecule has 184 valence electrons. The van der Waals surface area contributed by atoms with Gasteiger partial charge in [-0.05, 0) is 71.1 Å². The fourth-order valence-electron chi connectivity index (χ4n) is 7.21. The van der Waals surface area contributed by atoms with Crippen molar-refractivity contribution in [2.24, 2.45) is 17.3 Å². The van der Waals surface area contributed by atoms with E-state index >= 15 is 0 Å². The van der Waals surface area contributed by atoms with Crippen molar-refractivity contribution in [2.75, 3.05) is 13.2 Å². The predicted molar refractivity (Wildman–Crippen MR) is 137 cm³/mol. The second-order valence-electron chi connectivity index (χ2n) is 13.2. The van der Waals surface area contributed by atoms with Crippen molar-refractivity contribution in [2.45, 2.75) is 156 Å². The first-order valence-corrected chi connectivity index (χ1v) is 13.9. The molecule has 0 aromatic heterocycles. The molecule has 0 bridgehead atoms. The van der Waals surface area contributed by atoms with Crippen LogP contribution in [-0.4, -0.2) is 35.2 Å². The average Bonchev–Trinajstić information content (AvgIpc) is 3.01. The Bertz CT molecular complexity index is 503. The zero-order chi connectivity index (χ0) is 23.1. The maximum atomic E-state index is 6.16. The normalized spacial score (nSPS) is 28.8. The molecule has 2 rings (SSSR count). The van der Waals surface area contributed by atoms with Crippen LogP contribution in [0.15, 0.2) is 0 Å². The summed E-state index contributed by atoms with van der Waals surface area (Å²) in [7, 11) is 0. The van der Waals surface area contributed by atoms with Gasteiger partial charge in [0.25, 0.3) is 0 Å². The molecule has 2 nitrogen and oxygen atoms in total. The predicted octanol–water partition coefficient (Wildman–Crippen LogP) is 8.63. The van der Waals surface area contributed by atoms with Crippen LogP contribution in [0.2, 0.25) is 0 Å². The molecule has 0 aromatic carbocycles. The van der Waals surface area contributed by atoms with Gasteiger partial charge in [-0.15, -0.1) is 0 Å². The van der Waals surface area contributed by atoms with Crippen molar-refractivity contribution >= 4 is 0 Å². The monoisotopic (exact) mass is 435 g/mol. The molecule has 0 aromatic rings. The fraction of sp³-hybridized carbons (Fsp3) is 1.00. The Morgan fingerprint density at radius 2 is 1.19 bits per heavy atom. The zero-order valence-electron chi connectivity index (χ0n) is 22.7. The van der Waals surface area contributed by atoms with E-state index in [0.717, 1.165) is 24.9 Å². The van der Waals surface area contributed by atoms with Crippen LogP contribution >= 0.6 is 0 Å².